The number of hydrogen-bond acceptors (Lipinski definition) is 2. The van der Waals surface area contributed by atoms with E-state index in [-0.39, 0.29) is 5.82 Å². The number of halogens is 2. The second kappa shape index (κ2) is 5.26. The zero-order valence-corrected chi connectivity index (χ0v) is 10.2. The molecule has 1 aromatic carbocycles. The van der Waals surface area contributed by atoms with Gasteiger partial charge in [-0.25, -0.2) is 4.39 Å². The van der Waals surface area contributed by atoms with Gasteiger partial charge in [-0.3, -0.25) is 0 Å². The summed E-state index contributed by atoms with van der Waals surface area (Å²) in [5.74, 6) is 0.178. The Balaban J connectivity index is 3.23. The van der Waals surface area contributed by atoms with Crippen molar-refractivity contribution in [1.82, 2.24) is 0 Å². The molecule has 82 valence electrons. The van der Waals surface area contributed by atoms with Crippen LogP contribution in [0.3, 0.4) is 0 Å². The maximum atomic E-state index is 13.7. The van der Waals surface area contributed by atoms with Crippen LogP contribution in [-0.2, 0) is 11.2 Å². The number of hydrogen-bond donors (Lipinski definition) is 0. The second-order valence-electron chi connectivity index (χ2n) is 3.21. The fraction of sp³-hybridized carbons (Fsp3) is 0.364. The summed E-state index contributed by atoms with van der Waals surface area (Å²) in [6.45, 7) is 1.84. The molecule has 0 aromatic heterocycles. The molecular formula is C11H12BrFO2. The van der Waals surface area contributed by atoms with Gasteiger partial charge in [-0.1, -0.05) is 0 Å². The molecule has 0 fully saturated rings. The van der Waals surface area contributed by atoms with Gasteiger partial charge in [0.1, 0.15) is 17.9 Å². The smallest absolute Gasteiger partial charge is 0.144 e. The third kappa shape index (κ3) is 2.56. The van der Waals surface area contributed by atoms with Crippen LogP contribution < -0.4 is 4.74 Å². The molecule has 0 atom stereocenters. The Bertz CT molecular complexity index is 377. The minimum Gasteiger partial charge on any atom is -0.496 e. The van der Waals surface area contributed by atoms with Crippen LogP contribution in [0.1, 0.15) is 17.5 Å². The summed E-state index contributed by atoms with van der Waals surface area (Å²) in [6, 6.07) is 1.67. The van der Waals surface area contributed by atoms with E-state index in [1.807, 2.05) is 6.92 Å². The van der Waals surface area contributed by atoms with E-state index in [1.54, 1.807) is 6.07 Å². The lowest BCUT2D eigenvalue weighted by Gasteiger charge is -2.12. The van der Waals surface area contributed by atoms with Gasteiger partial charge in [0.05, 0.1) is 11.6 Å². The molecular weight excluding hydrogens is 263 g/mol. The van der Waals surface area contributed by atoms with E-state index >= 15 is 0 Å². The summed E-state index contributed by atoms with van der Waals surface area (Å²) >= 11 is 3.13. The van der Waals surface area contributed by atoms with Gasteiger partial charge >= 0.3 is 0 Å². The zero-order chi connectivity index (χ0) is 11.4. The van der Waals surface area contributed by atoms with Crippen LogP contribution in [0.5, 0.6) is 5.75 Å². The highest BCUT2D eigenvalue weighted by Gasteiger charge is 2.15. The van der Waals surface area contributed by atoms with Crippen LogP contribution in [0, 0.1) is 12.7 Å². The maximum Gasteiger partial charge on any atom is 0.144 e. The van der Waals surface area contributed by atoms with Gasteiger partial charge in [-0.2, -0.15) is 0 Å². The second-order valence-corrected chi connectivity index (χ2v) is 4.06. The van der Waals surface area contributed by atoms with Gasteiger partial charge in [-0.05, 0) is 40.9 Å². The standard InChI is InChI=1S/C11H12BrFO2/c1-7-6-9(12)10(13)8(4-3-5-14)11(7)15-2/h5-6H,3-4H2,1-2H3. The number of carbonyl (C=O) groups excluding carboxylic acids is 1. The molecule has 0 saturated carbocycles. The average Bonchev–Trinajstić information content (AvgIpc) is 2.21. The lowest BCUT2D eigenvalue weighted by Crippen LogP contribution is -2.00. The van der Waals surface area contributed by atoms with E-state index in [9.17, 15) is 9.18 Å². The summed E-state index contributed by atoms with van der Waals surface area (Å²) < 4.78 is 19.2. The first-order valence-corrected chi connectivity index (χ1v) is 5.36. The van der Waals surface area contributed by atoms with Gasteiger partial charge in [-0.15, -0.1) is 0 Å². The van der Waals surface area contributed by atoms with Gasteiger partial charge in [0.15, 0.2) is 0 Å². The summed E-state index contributed by atoms with van der Waals surface area (Å²) in [5.41, 5.74) is 1.31. The monoisotopic (exact) mass is 274 g/mol. The molecule has 0 unspecified atom stereocenters. The summed E-state index contributed by atoms with van der Waals surface area (Å²) in [5, 5.41) is 0. The minimum atomic E-state index is -0.348. The maximum absolute atomic E-state index is 13.7. The first kappa shape index (κ1) is 12.2. The Morgan fingerprint density at radius 1 is 1.60 bits per heavy atom. The van der Waals surface area contributed by atoms with Crippen LogP contribution in [0.4, 0.5) is 4.39 Å². The van der Waals surface area contributed by atoms with Crippen LogP contribution in [0.25, 0.3) is 0 Å². The van der Waals surface area contributed by atoms with Gasteiger partial charge < -0.3 is 9.53 Å². The molecule has 0 aliphatic heterocycles. The lowest BCUT2D eigenvalue weighted by atomic mass is 10.0. The molecule has 0 aliphatic rings. The average molecular weight is 275 g/mol. The van der Waals surface area contributed by atoms with Gasteiger partial charge in [0.2, 0.25) is 0 Å². The Kier molecular flexibility index (Phi) is 4.27. The van der Waals surface area contributed by atoms with Crippen LogP contribution in [0.2, 0.25) is 0 Å². The summed E-state index contributed by atoms with van der Waals surface area (Å²) in [4.78, 5) is 10.3. The van der Waals surface area contributed by atoms with E-state index in [1.165, 1.54) is 7.11 Å². The van der Waals surface area contributed by atoms with Crippen molar-refractivity contribution in [1.29, 1.82) is 0 Å². The zero-order valence-electron chi connectivity index (χ0n) is 8.64. The number of rotatable bonds is 4. The van der Waals surface area contributed by atoms with E-state index in [4.69, 9.17) is 4.74 Å². The Labute approximate surface area is 96.6 Å². The number of methoxy groups -OCH3 is 1. The SMILES string of the molecule is COc1c(C)cc(Br)c(F)c1CCC=O. The molecule has 4 heteroatoms. The van der Waals surface area contributed by atoms with Gasteiger partial charge in [0, 0.05) is 12.0 Å². The Hall–Kier alpha value is -0.900. The highest BCUT2D eigenvalue weighted by atomic mass is 79.9. The first-order chi connectivity index (χ1) is 7.11. The predicted octanol–water partition coefficient (Wildman–Crippen LogP) is 3.04. The van der Waals surface area contributed by atoms with Crippen molar-refractivity contribution in [3.63, 3.8) is 0 Å². The lowest BCUT2D eigenvalue weighted by molar-refractivity contribution is -0.107. The fourth-order valence-electron chi connectivity index (χ4n) is 1.51. The Morgan fingerprint density at radius 2 is 2.27 bits per heavy atom. The molecule has 0 heterocycles. The number of aryl methyl sites for hydroxylation is 1. The normalized spacial score (nSPS) is 10.1. The fourth-order valence-corrected chi connectivity index (χ4v) is 2.09. The first-order valence-electron chi connectivity index (χ1n) is 4.57. The molecule has 0 bridgehead atoms. The van der Waals surface area contributed by atoms with Crippen molar-refractivity contribution in [2.75, 3.05) is 7.11 Å². The molecule has 1 aromatic rings. The predicted molar refractivity (Wildman–Crippen MR) is 59.8 cm³/mol. The highest BCUT2D eigenvalue weighted by Crippen LogP contribution is 2.32. The number of benzene rings is 1. The number of carbonyl (C=O) groups is 1. The quantitative estimate of drug-likeness (QED) is 0.789. The molecule has 0 aliphatic carbocycles. The molecule has 0 radical (unpaired) electrons. The van der Waals surface area contributed by atoms with Crippen molar-refractivity contribution in [2.45, 2.75) is 19.8 Å². The molecule has 15 heavy (non-hydrogen) atoms. The van der Waals surface area contributed by atoms with Crippen molar-refractivity contribution < 1.29 is 13.9 Å². The van der Waals surface area contributed by atoms with Crippen molar-refractivity contribution in [3.8, 4) is 5.75 Å². The largest absolute Gasteiger partial charge is 0.496 e. The molecule has 0 spiro atoms. The van der Waals surface area contributed by atoms with E-state index < -0.39 is 0 Å². The number of aldehydes is 1. The van der Waals surface area contributed by atoms with Crippen molar-refractivity contribution in [3.05, 3.63) is 27.5 Å². The van der Waals surface area contributed by atoms with Gasteiger partial charge in [0.25, 0.3) is 0 Å². The minimum absolute atomic E-state index is 0.295. The third-order valence-electron chi connectivity index (χ3n) is 2.17. The van der Waals surface area contributed by atoms with Crippen molar-refractivity contribution in [2.24, 2.45) is 0 Å². The van der Waals surface area contributed by atoms with E-state index in [2.05, 4.69) is 15.9 Å². The molecule has 0 N–H and O–H groups in total. The molecule has 1 rings (SSSR count). The van der Waals surface area contributed by atoms with E-state index in [0.717, 1.165) is 11.8 Å². The van der Waals surface area contributed by atoms with E-state index in [0.29, 0.717) is 28.6 Å². The molecule has 0 saturated heterocycles. The van der Waals surface area contributed by atoms with Crippen molar-refractivity contribution >= 4 is 22.2 Å². The topological polar surface area (TPSA) is 26.3 Å². The Morgan fingerprint density at radius 3 is 2.80 bits per heavy atom. The number of ether oxygens (including phenoxy) is 1. The molecule has 0 amide bonds. The summed E-state index contributed by atoms with van der Waals surface area (Å²) in [6.07, 6.45) is 1.43. The van der Waals surface area contributed by atoms with Crippen LogP contribution in [-0.4, -0.2) is 13.4 Å². The van der Waals surface area contributed by atoms with Crippen LogP contribution >= 0.6 is 15.9 Å². The van der Waals surface area contributed by atoms with Crippen LogP contribution in [0.15, 0.2) is 10.5 Å². The highest BCUT2D eigenvalue weighted by molar-refractivity contribution is 9.10. The summed E-state index contributed by atoms with van der Waals surface area (Å²) in [7, 11) is 1.50. The third-order valence-corrected chi connectivity index (χ3v) is 2.74. The molecule has 2 nitrogen and oxygen atoms in total.